The number of halogens is 1. The summed E-state index contributed by atoms with van der Waals surface area (Å²) in [5.74, 6) is -0.194. The molecule has 0 saturated heterocycles. The average molecular weight is 253 g/mol. The van der Waals surface area contributed by atoms with Crippen LogP contribution in [0.15, 0.2) is 18.2 Å². The number of nitrogens with zero attached hydrogens (tertiary/aromatic N) is 1. The molecule has 1 aliphatic carbocycles. The third-order valence-electron chi connectivity index (χ3n) is 3.48. The van der Waals surface area contributed by atoms with Gasteiger partial charge < -0.3 is 11.1 Å². The number of anilines is 1. The molecule has 0 heterocycles. The van der Waals surface area contributed by atoms with E-state index in [0.717, 1.165) is 18.9 Å². The SMILES string of the molecule is CC(CN)(Nc1ccc(F)cc1[N+](=O)[O-])C1CC1. The summed E-state index contributed by atoms with van der Waals surface area (Å²) < 4.78 is 13.0. The summed E-state index contributed by atoms with van der Waals surface area (Å²) in [5.41, 5.74) is 5.44. The van der Waals surface area contributed by atoms with Crippen LogP contribution in [-0.4, -0.2) is 17.0 Å². The number of nitrogens with two attached hydrogens (primary N) is 1. The van der Waals surface area contributed by atoms with Gasteiger partial charge in [-0.05, 0) is 37.8 Å². The normalized spacial score (nSPS) is 18.2. The molecule has 2 rings (SSSR count). The molecule has 1 unspecified atom stereocenters. The van der Waals surface area contributed by atoms with E-state index >= 15 is 0 Å². The molecule has 1 fully saturated rings. The van der Waals surface area contributed by atoms with Gasteiger partial charge in [0.1, 0.15) is 11.5 Å². The van der Waals surface area contributed by atoms with E-state index in [9.17, 15) is 14.5 Å². The number of hydrogen-bond acceptors (Lipinski definition) is 4. The van der Waals surface area contributed by atoms with Crippen LogP contribution in [0.25, 0.3) is 0 Å². The van der Waals surface area contributed by atoms with Crippen molar-refractivity contribution in [2.45, 2.75) is 25.3 Å². The Bertz CT molecular complexity index is 476. The fraction of sp³-hybridized carbons (Fsp3) is 0.500. The van der Waals surface area contributed by atoms with Crippen molar-refractivity contribution >= 4 is 11.4 Å². The molecule has 1 aromatic rings. The van der Waals surface area contributed by atoms with Gasteiger partial charge in [0.25, 0.3) is 5.69 Å². The first-order valence-electron chi connectivity index (χ1n) is 5.88. The van der Waals surface area contributed by atoms with Crippen LogP contribution in [0.3, 0.4) is 0 Å². The van der Waals surface area contributed by atoms with E-state index < -0.39 is 10.7 Å². The number of nitro benzene ring substituents is 1. The van der Waals surface area contributed by atoms with E-state index in [1.54, 1.807) is 0 Å². The summed E-state index contributed by atoms with van der Waals surface area (Å²) in [6.45, 7) is 2.32. The van der Waals surface area contributed by atoms with Gasteiger partial charge in [-0.2, -0.15) is 0 Å². The lowest BCUT2D eigenvalue weighted by atomic mass is 9.95. The summed E-state index contributed by atoms with van der Waals surface area (Å²) >= 11 is 0. The second-order valence-corrected chi connectivity index (χ2v) is 4.94. The van der Waals surface area contributed by atoms with Crippen molar-refractivity contribution in [2.75, 3.05) is 11.9 Å². The van der Waals surface area contributed by atoms with Crippen LogP contribution in [0.2, 0.25) is 0 Å². The predicted molar refractivity (Wildman–Crippen MR) is 66.9 cm³/mol. The third kappa shape index (κ3) is 2.43. The molecular formula is C12H16FN3O2. The number of nitro groups is 1. The van der Waals surface area contributed by atoms with E-state index in [4.69, 9.17) is 5.73 Å². The summed E-state index contributed by atoms with van der Waals surface area (Å²) in [6.07, 6.45) is 2.13. The van der Waals surface area contributed by atoms with Gasteiger partial charge in [0.2, 0.25) is 0 Å². The van der Waals surface area contributed by atoms with Gasteiger partial charge >= 0.3 is 0 Å². The molecule has 1 saturated carbocycles. The minimum atomic E-state index is -0.617. The highest BCUT2D eigenvalue weighted by Gasteiger charge is 2.41. The van der Waals surface area contributed by atoms with E-state index in [2.05, 4.69) is 5.32 Å². The highest BCUT2D eigenvalue weighted by atomic mass is 19.1. The molecule has 5 nitrogen and oxygen atoms in total. The van der Waals surface area contributed by atoms with Crippen molar-refractivity contribution in [3.63, 3.8) is 0 Å². The first-order valence-corrected chi connectivity index (χ1v) is 5.88. The molecule has 98 valence electrons. The molecule has 0 spiro atoms. The topological polar surface area (TPSA) is 81.2 Å². The Morgan fingerprint density at radius 1 is 1.61 bits per heavy atom. The van der Waals surface area contributed by atoms with E-state index in [1.165, 1.54) is 12.1 Å². The first kappa shape index (κ1) is 12.8. The second kappa shape index (κ2) is 4.53. The maximum absolute atomic E-state index is 13.0. The molecular weight excluding hydrogens is 237 g/mol. The largest absolute Gasteiger partial charge is 0.373 e. The highest BCUT2D eigenvalue weighted by Crippen LogP contribution is 2.42. The van der Waals surface area contributed by atoms with Crippen LogP contribution < -0.4 is 11.1 Å². The molecule has 6 heteroatoms. The zero-order chi connectivity index (χ0) is 13.3. The van der Waals surface area contributed by atoms with Gasteiger partial charge in [-0.25, -0.2) is 4.39 Å². The minimum absolute atomic E-state index is 0.254. The average Bonchev–Trinajstić information content (AvgIpc) is 3.15. The van der Waals surface area contributed by atoms with Crippen molar-refractivity contribution in [2.24, 2.45) is 11.7 Å². The van der Waals surface area contributed by atoms with Crippen LogP contribution >= 0.6 is 0 Å². The molecule has 1 aliphatic rings. The predicted octanol–water partition coefficient (Wildman–Crippen LogP) is 2.27. The molecule has 0 aromatic heterocycles. The summed E-state index contributed by atoms with van der Waals surface area (Å²) in [5, 5.41) is 14.0. The van der Waals surface area contributed by atoms with E-state index in [-0.39, 0.29) is 11.2 Å². The van der Waals surface area contributed by atoms with Crippen molar-refractivity contribution in [3.05, 3.63) is 34.1 Å². The monoisotopic (exact) mass is 253 g/mol. The van der Waals surface area contributed by atoms with Crippen molar-refractivity contribution < 1.29 is 9.31 Å². The lowest BCUT2D eigenvalue weighted by Gasteiger charge is -2.30. The van der Waals surface area contributed by atoms with Crippen LogP contribution in [0.4, 0.5) is 15.8 Å². The first-order chi connectivity index (χ1) is 8.46. The van der Waals surface area contributed by atoms with Crippen LogP contribution in [0.1, 0.15) is 19.8 Å². The maximum atomic E-state index is 13.0. The van der Waals surface area contributed by atoms with Gasteiger partial charge in [0, 0.05) is 12.1 Å². The Morgan fingerprint density at radius 2 is 2.28 bits per heavy atom. The summed E-state index contributed by atoms with van der Waals surface area (Å²) in [6, 6.07) is 3.52. The molecule has 3 N–H and O–H groups in total. The van der Waals surface area contributed by atoms with Crippen molar-refractivity contribution in [3.8, 4) is 0 Å². The second-order valence-electron chi connectivity index (χ2n) is 4.94. The Balaban J connectivity index is 2.30. The van der Waals surface area contributed by atoms with Crippen molar-refractivity contribution in [1.82, 2.24) is 0 Å². The Labute approximate surface area is 104 Å². The lowest BCUT2D eigenvalue weighted by molar-refractivity contribution is -0.384. The molecule has 1 atom stereocenters. The molecule has 0 radical (unpaired) electrons. The molecule has 0 aliphatic heterocycles. The molecule has 18 heavy (non-hydrogen) atoms. The maximum Gasteiger partial charge on any atom is 0.295 e. The summed E-state index contributed by atoms with van der Waals surface area (Å²) in [7, 11) is 0. The fourth-order valence-corrected chi connectivity index (χ4v) is 2.11. The van der Waals surface area contributed by atoms with E-state index in [1.807, 2.05) is 6.92 Å². The lowest BCUT2D eigenvalue weighted by Crippen LogP contribution is -2.44. The molecule has 0 bridgehead atoms. The zero-order valence-electron chi connectivity index (χ0n) is 10.1. The Hall–Kier alpha value is -1.69. The Morgan fingerprint density at radius 3 is 2.78 bits per heavy atom. The number of hydrogen-bond donors (Lipinski definition) is 2. The van der Waals surface area contributed by atoms with Gasteiger partial charge in [-0.1, -0.05) is 0 Å². The number of benzene rings is 1. The van der Waals surface area contributed by atoms with Crippen molar-refractivity contribution in [1.29, 1.82) is 0 Å². The number of nitrogens with one attached hydrogen (secondary N) is 1. The van der Waals surface area contributed by atoms with Crippen LogP contribution in [0.5, 0.6) is 0 Å². The summed E-state index contributed by atoms with van der Waals surface area (Å²) in [4.78, 5) is 10.3. The fourth-order valence-electron chi connectivity index (χ4n) is 2.11. The molecule has 0 amide bonds. The number of rotatable bonds is 5. The van der Waals surface area contributed by atoms with Gasteiger partial charge in [-0.3, -0.25) is 10.1 Å². The van der Waals surface area contributed by atoms with Gasteiger partial charge in [0.15, 0.2) is 0 Å². The smallest absolute Gasteiger partial charge is 0.295 e. The minimum Gasteiger partial charge on any atom is -0.373 e. The molecule has 1 aromatic carbocycles. The standard InChI is InChI=1S/C12H16FN3O2/c1-12(7-14,8-2-3-8)15-10-5-4-9(13)6-11(10)16(17)18/h4-6,8,15H,2-3,7,14H2,1H3. The third-order valence-corrected chi connectivity index (χ3v) is 3.48. The Kier molecular flexibility index (Phi) is 3.21. The van der Waals surface area contributed by atoms with Crippen LogP contribution in [-0.2, 0) is 0 Å². The zero-order valence-corrected chi connectivity index (χ0v) is 10.1. The van der Waals surface area contributed by atoms with E-state index in [0.29, 0.717) is 18.2 Å². The van der Waals surface area contributed by atoms with Gasteiger partial charge in [-0.15, -0.1) is 0 Å². The quantitative estimate of drug-likeness (QED) is 0.623. The van der Waals surface area contributed by atoms with Crippen LogP contribution in [0, 0.1) is 21.8 Å². The highest BCUT2D eigenvalue weighted by molar-refractivity contribution is 5.62. The van der Waals surface area contributed by atoms with Gasteiger partial charge in [0.05, 0.1) is 11.0 Å².